The van der Waals surface area contributed by atoms with Gasteiger partial charge in [0, 0.05) is 12.6 Å². The first-order chi connectivity index (χ1) is 8.93. The van der Waals surface area contributed by atoms with E-state index in [1.165, 1.54) is 11.1 Å². The lowest BCUT2D eigenvalue weighted by atomic mass is 10.0. The van der Waals surface area contributed by atoms with Gasteiger partial charge in [-0.15, -0.1) is 0 Å². The van der Waals surface area contributed by atoms with Crippen LogP contribution < -0.4 is 10.1 Å². The molecule has 0 bridgehead atoms. The number of aryl methyl sites for hydroxylation is 1. The fourth-order valence-electron chi connectivity index (χ4n) is 1.92. The largest absolute Gasteiger partial charge is 0.489 e. The molecular weight excluding hydrogens is 234 g/mol. The first-order valence-corrected chi connectivity index (χ1v) is 7.44. The maximum atomic E-state index is 6.17. The van der Waals surface area contributed by atoms with E-state index in [9.17, 15) is 0 Å². The molecule has 0 aliphatic rings. The molecule has 1 atom stereocenters. The molecule has 0 heterocycles. The SMILES string of the molecule is CCC(CNC(C)C)Oc1cc(C(C)C)ccc1C. The Bertz CT molecular complexity index is 385. The molecule has 1 rings (SSSR count). The van der Waals surface area contributed by atoms with Crippen LogP contribution >= 0.6 is 0 Å². The zero-order valence-corrected chi connectivity index (χ0v) is 13.3. The molecule has 0 spiro atoms. The fourth-order valence-corrected chi connectivity index (χ4v) is 1.92. The van der Waals surface area contributed by atoms with Crippen molar-refractivity contribution < 1.29 is 4.74 Å². The van der Waals surface area contributed by atoms with Crippen molar-refractivity contribution in [2.24, 2.45) is 0 Å². The van der Waals surface area contributed by atoms with Crippen LogP contribution in [0.2, 0.25) is 0 Å². The average Bonchev–Trinajstić information content (AvgIpc) is 2.35. The third-order valence-electron chi connectivity index (χ3n) is 3.38. The van der Waals surface area contributed by atoms with Crippen LogP contribution in [0.3, 0.4) is 0 Å². The van der Waals surface area contributed by atoms with Gasteiger partial charge in [0.05, 0.1) is 0 Å². The van der Waals surface area contributed by atoms with Gasteiger partial charge in [-0.2, -0.15) is 0 Å². The van der Waals surface area contributed by atoms with Crippen LogP contribution in [0.5, 0.6) is 5.75 Å². The number of benzene rings is 1. The van der Waals surface area contributed by atoms with Crippen LogP contribution in [0.25, 0.3) is 0 Å². The minimum Gasteiger partial charge on any atom is -0.489 e. The number of ether oxygens (including phenoxy) is 1. The molecule has 0 saturated heterocycles. The van der Waals surface area contributed by atoms with E-state index < -0.39 is 0 Å². The summed E-state index contributed by atoms with van der Waals surface area (Å²) in [4.78, 5) is 0. The molecule has 19 heavy (non-hydrogen) atoms. The van der Waals surface area contributed by atoms with Crippen molar-refractivity contribution in [1.29, 1.82) is 0 Å². The Hall–Kier alpha value is -1.02. The molecule has 0 saturated carbocycles. The van der Waals surface area contributed by atoms with Crippen molar-refractivity contribution in [3.63, 3.8) is 0 Å². The first kappa shape index (κ1) is 16.0. The summed E-state index contributed by atoms with van der Waals surface area (Å²) in [6, 6.07) is 7.05. The van der Waals surface area contributed by atoms with Crippen molar-refractivity contribution in [2.45, 2.75) is 66.0 Å². The van der Waals surface area contributed by atoms with Gasteiger partial charge in [-0.05, 0) is 36.5 Å². The maximum absolute atomic E-state index is 6.17. The zero-order valence-electron chi connectivity index (χ0n) is 13.3. The van der Waals surface area contributed by atoms with Gasteiger partial charge in [-0.25, -0.2) is 0 Å². The van der Waals surface area contributed by atoms with Crippen LogP contribution in [0.15, 0.2) is 18.2 Å². The monoisotopic (exact) mass is 263 g/mol. The highest BCUT2D eigenvalue weighted by molar-refractivity contribution is 5.37. The Labute approximate surface area is 118 Å². The number of hydrogen-bond donors (Lipinski definition) is 1. The molecule has 1 aromatic carbocycles. The van der Waals surface area contributed by atoms with Crippen LogP contribution in [0.4, 0.5) is 0 Å². The highest BCUT2D eigenvalue weighted by Crippen LogP contribution is 2.25. The van der Waals surface area contributed by atoms with Gasteiger partial charge in [-0.1, -0.05) is 46.8 Å². The molecule has 0 fully saturated rings. The van der Waals surface area contributed by atoms with Crippen LogP contribution in [0, 0.1) is 6.92 Å². The molecular formula is C17H29NO. The van der Waals surface area contributed by atoms with Crippen molar-refractivity contribution in [1.82, 2.24) is 5.32 Å². The van der Waals surface area contributed by atoms with E-state index >= 15 is 0 Å². The average molecular weight is 263 g/mol. The molecule has 2 heteroatoms. The Balaban J connectivity index is 2.75. The smallest absolute Gasteiger partial charge is 0.122 e. The second-order valence-electron chi connectivity index (χ2n) is 5.89. The molecule has 2 nitrogen and oxygen atoms in total. The van der Waals surface area contributed by atoms with Gasteiger partial charge < -0.3 is 10.1 Å². The third kappa shape index (κ3) is 5.23. The van der Waals surface area contributed by atoms with E-state index in [2.05, 4.69) is 65.1 Å². The summed E-state index contributed by atoms with van der Waals surface area (Å²) in [7, 11) is 0. The quantitative estimate of drug-likeness (QED) is 0.793. The summed E-state index contributed by atoms with van der Waals surface area (Å²) in [5, 5.41) is 3.45. The molecule has 108 valence electrons. The molecule has 0 radical (unpaired) electrons. The van der Waals surface area contributed by atoms with Gasteiger partial charge in [0.1, 0.15) is 11.9 Å². The van der Waals surface area contributed by atoms with Gasteiger partial charge in [0.15, 0.2) is 0 Å². The summed E-state index contributed by atoms with van der Waals surface area (Å²) in [6.07, 6.45) is 1.26. The molecule has 0 aromatic heterocycles. The second kappa shape index (κ2) is 7.54. The highest BCUT2D eigenvalue weighted by atomic mass is 16.5. The third-order valence-corrected chi connectivity index (χ3v) is 3.38. The lowest BCUT2D eigenvalue weighted by Gasteiger charge is -2.21. The topological polar surface area (TPSA) is 21.3 Å². The Morgan fingerprint density at radius 2 is 1.84 bits per heavy atom. The van der Waals surface area contributed by atoms with E-state index in [1.54, 1.807) is 0 Å². The Kier molecular flexibility index (Phi) is 6.36. The number of nitrogens with one attached hydrogen (secondary N) is 1. The van der Waals surface area contributed by atoms with E-state index in [4.69, 9.17) is 4.74 Å². The predicted octanol–water partition coefficient (Wildman–Crippen LogP) is 4.27. The van der Waals surface area contributed by atoms with Crippen LogP contribution in [0.1, 0.15) is 58.1 Å². The van der Waals surface area contributed by atoms with Gasteiger partial charge >= 0.3 is 0 Å². The minimum absolute atomic E-state index is 0.239. The number of rotatable bonds is 7. The van der Waals surface area contributed by atoms with Gasteiger partial charge in [0.2, 0.25) is 0 Å². The van der Waals surface area contributed by atoms with Crippen molar-refractivity contribution >= 4 is 0 Å². The Morgan fingerprint density at radius 3 is 2.37 bits per heavy atom. The molecule has 0 aliphatic heterocycles. The molecule has 0 amide bonds. The van der Waals surface area contributed by atoms with E-state index in [-0.39, 0.29) is 6.10 Å². The lowest BCUT2D eigenvalue weighted by molar-refractivity contribution is 0.189. The lowest BCUT2D eigenvalue weighted by Crippen LogP contribution is -2.35. The second-order valence-corrected chi connectivity index (χ2v) is 5.89. The highest BCUT2D eigenvalue weighted by Gasteiger charge is 2.11. The standard InChI is InChI=1S/C17H29NO/c1-7-16(11-18-13(4)5)19-17-10-15(12(2)3)9-8-14(17)6/h8-10,12-13,16,18H,7,11H2,1-6H3. The van der Waals surface area contributed by atoms with E-state index in [0.29, 0.717) is 12.0 Å². The summed E-state index contributed by atoms with van der Waals surface area (Å²) >= 11 is 0. The van der Waals surface area contributed by atoms with E-state index in [0.717, 1.165) is 18.7 Å². The van der Waals surface area contributed by atoms with Crippen molar-refractivity contribution in [2.75, 3.05) is 6.54 Å². The summed E-state index contributed by atoms with van der Waals surface area (Å²) in [5.41, 5.74) is 2.56. The zero-order chi connectivity index (χ0) is 14.4. The van der Waals surface area contributed by atoms with E-state index in [1.807, 2.05) is 0 Å². The molecule has 0 aliphatic carbocycles. The van der Waals surface area contributed by atoms with Crippen molar-refractivity contribution in [3.05, 3.63) is 29.3 Å². The summed E-state index contributed by atoms with van der Waals surface area (Å²) in [5.74, 6) is 1.57. The fraction of sp³-hybridized carbons (Fsp3) is 0.647. The summed E-state index contributed by atoms with van der Waals surface area (Å²) < 4.78 is 6.17. The molecule has 1 unspecified atom stereocenters. The number of hydrogen-bond acceptors (Lipinski definition) is 2. The van der Waals surface area contributed by atoms with Gasteiger partial charge in [-0.3, -0.25) is 0 Å². The van der Waals surface area contributed by atoms with Crippen molar-refractivity contribution in [3.8, 4) is 5.75 Å². The Morgan fingerprint density at radius 1 is 1.16 bits per heavy atom. The van der Waals surface area contributed by atoms with Gasteiger partial charge in [0.25, 0.3) is 0 Å². The maximum Gasteiger partial charge on any atom is 0.122 e. The predicted molar refractivity (Wildman–Crippen MR) is 83.1 cm³/mol. The molecule has 1 aromatic rings. The summed E-state index contributed by atoms with van der Waals surface area (Å²) in [6.45, 7) is 13.9. The minimum atomic E-state index is 0.239. The first-order valence-electron chi connectivity index (χ1n) is 7.44. The molecule has 1 N–H and O–H groups in total. The normalized spacial score (nSPS) is 13.1. The van der Waals surface area contributed by atoms with Crippen LogP contribution in [-0.2, 0) is 0 Å². The van der Waals surface area contributed by atoms with Crippen LogP contribution in [-0.4, -0.2) is 18.7 Å².